The maximum atomic E-state index is 12.1. The Hall–Kier alpha value is -1.35. The number of amides is 1. The molecule has 1 fully saturated rings. The summed E-state index contributed by atoms with van der Waals surface area (Å²) in [5, 5.41) is 0. The summed E-state index contributed by atoms with van der Waals surface area (Å²) in [5.41, 5.74) is 7.28. The molecule has 2 rings (SSSR count). The van der Waals surface area contributed by atoms with Gasteiger partial charge in [0.15, 0.2) is 0 Å². The molecular formula is C15H22N2O. The Morgan fingerprint density at radius 3 is 2.61 bits per heavy atom. The molecule has 3 unspecified atom stereocenters. The number of carbonyl (C=O) groups excluding carboxylic acids is 1. The molecule has 1 heterocycles. The minimum atomic E-state index is -0.349. The van der Waals surface area contributed by atoms with Gasteiger partial charge in [-0.25, -0.2) is 0 Å². The van der Waals surface area contributed by atoms with Gasteiger partial charge >= 0.3 is 0 Å². The zero-order chi connectivity index (χ0) is 13.1. The van der Waals surface area contributed by atoms with E-state index in [1.165, 1.54) is 5.56 Å². The molecule has 18 heavy (non-hydrogen) atoms. The van der Waals surface area contributed by atoms with Gasteiger partial charge in [0.25, 0.3) is 0 Å². The lowest BCUT2D eigenvalue weighted by Gasteiger charge is -2.42. The van der Waals surface area contributed by atoms with Crippen molar-refractivity contribution in [3.8, 4) is 0 Å². The van der Waals surface area contributed by atoms with Crippen molar-refractivity contribution in [3.05, 3.63) is 35.9 Å². The van der Waals surface area contributed by atoms with E-state index < -0.39 is 0 Å². The van der Waals surface area contributed by atoms with Gasteiger partial charge in [0.1, 0.15) is 0 Å². The minimum absolute atomic E-state index is 0.108. The van der Waals surface area contributed by atoms with Crippen molar-refractivity contribution in [3.63, 3.8) is 0 Å². The maximum Gasteiger partial charge on any atom is 0.239 e. The first-order valence-electron chi connectivity index (χ1n) is 6.76. The van der Waals surface area contributed by atoms with Crippen LogP contribution in [0.25, 0.3) is 0 Å². The Labute approximate surface area is 109 Å². The molecule has 0 bridgehead atoms. The lowest BCUT2D eigenvalue weighted by atomic mass is 9.82. The Morgan fingerprint density at radius 2 is 2.00 bits per heavy atom. The SMILES string of the molecule is CCCN1C(=O)C(N)CC(c2ccccc2)C1C. The van der Waals surface area contributed by atoms with Gasteiger partial charge in [0.05, 0.1) is 6.04 Å². The molecule has 3 heteroatoms. The molecule has 3 nitrogen and oxygen atoms in total. The summed E-state index contributed by atoms with van der Waals surface area (Å²) in [7, 11) is 0. The van der Waals surface area contributed by atoms with Crippen LogP contribution < -0.4 is 5.73 Å². The fourth-order valence-corrected chi connectivity index (χ4v) is 2.87. The van der Waals surface area contributed by atoms with Gasteiger partial charge in [-0.05, 0) is 25.3 Å². The Kier molecular flexibility index (Phi) is 4.02. The molecule has 2 N–H and O–H groups in total. The second-order valence-electron chi connectivity index (χ2n) is 5.13. The highest BCUT2D eigenvalue weighted by Gasteiger charge is 2.37. The summed E-state index contributed by atoms with van der Waals surface area (Å²) in [5.74, 6) is 0.460. The largest absolute Gasteiger partial charge is 0.338 e. The van der Waals surface area contributed by atoms with E-state index in [0.717, 1.165) is 19.4 Å². The van der Waals surface area contributed by atoms with Crippen LogP contribution >= 0.6 is 0 Å². The predicted molar refractivity (Wildman–Crippen MR) is 73.2 cm³/mol. The Bertz CT molecular complexity index is 404. The maximum absolute atomic E-state index is 12.1. The molecule has 1 aromatic carbocycles. The van der Waals surface area contributed by atoms with Crippen molar-refractivity contribution in [1.82, 2.24) is 4.90 Å². The molecule has 1 aliphatic rings. The highest BCUT2D eigenvalue weighted by atomic mass is 16.2. The summed E-state index contributed by atoms with van der Waals surface area (Å²) < 4.78 is 0. The van der Waals surface area contributed by atoms with E-state index in [-0.39, 0.29) is 18.0 Å². The van der Waals surface area contributed by atoms with Crippen molar-refractivity contribution >= 4 is 5.91 Å². The van der Waals surface area contributed by atoms with Gasteiger partial charge in [-0.2, -0.15) is 0 Å². The molecule has 1 saturated heterocycles. The molecule has 0 aliphatic carbocycles. The standard InChI is InChI=1S/C15H22N2O/c1-3-9-17-11(2)13(10-14(16)15(17)18)12-7-5-4-6-8-12/h4-8,11,13-14H,3,9-10,16H2,1-2H3. The van der Waals surface area contributed by atoms with E-state index in [4.69, 9.17) is 5.73 Å². The monoisotopic (exact) mass is 246 g/mol. The average molecular weight is 246 g/mol. The summed E-state index contributed by atoms with van der Waals surface area (Å²) in [4.78, 5) is 14.1. The van der Waals surface area contributed by atoms with E-state index in [2.05, 4.69) is 26.0 Å². The number of rotatable bonds is 3. The van der Waals surface area contributed by atoms with E-state index in [0.29, 0.717) is 5.92 Å². The zero-order valence-corrected chi connectivity index (χ0v) is 11.2. The van der Waals surface area contributed by atoms with Crippen molar-refractivity contribution in [1.29, 1.82) is 0 Å². The number of piperidine rings is 1. The zero-order valence-electron chi connectivity index (χ0n) is 11.2. The Morgan fingerprint density at radius 1 is 1.33 bits per heavy atom. The molecule has 0 saturated carbocycles. The first-order valence-corrected chi connectivity index (χ1v) is 6.76. The molecule has 0 aromatic heterocycles. The topological polar surface area (TPSA) is 46.3 Å². The van der Waals surface area contributed by atoms with Gasteiger partial charge in [-0.15, -0.1) is 0 Å². The van der Waals surface area contributed by atoms with Crippen LogP contribution in [0.3, 0.4) is 0 Å². The van der Waals surface area contributed by atoms with Crippen LogP contribution in [0.1, 0.15) is 38.2 Å². The number of likely N-dealkylation sites (tertiary alicyclic amines) is 1. The highest BCUT2D eigenvalue weighted by molar-refractivity contribution is 5.83. The van der Waals surface area contributed by atoms with E-state index in [1.807, 2.05) is 23.1 Å². The normalized spacial score (nSPS) is 28.5. The number of benzene rings is 1. The first-order chi connectivity index (χ1) is 8.65. The minimum Gasteiger partial charge on any atom is -0.338 e. The van der Waals surface area contributed by atoms with Crippen molar-refractivity contribution in [2.75, 3.05) is 6.54 Å². The molecule has 0 spiro atoms. The fourth-order valence-electron chi connectivity index (χ4n) is 2.87. The Balaban J connectivity index is 2.24. The van der Waals surface area contributed by atoms with Crippen molar-refractivity contribution in [2.24, 2.45) is 5.73 Å². The van der Waals surface area contributed by atoms with Crippen LogP contribution in [0.5, 0.6) is 0 Å². The van der Waals surface area contributed by atoms with Gasteiger partial charge in [0.2, 0.25) is 5.91 Å². The van der Waals surface area contributed by atoms with Crippen molar-refractivity contribution < 1.29 is 4.79 Å². The second-order valence-corrected chi connectivity index (χ2v) is 5.13. The number of hydrogen-bond acceptors (Lipinski definition) is 2. The molecule has 1 aromatic rings. The smallest absolute Gasteiger partial charge is 0.239 e. The summed E-state index contributed by atoms with van der Waals surface area (Å²) in [6.07, 6.45) is 1.73. The molecule has 0 radical (unpaired) electrons. The highest BCUT2D eigenvalue weighted by Crippen LogP contribution is 2.32. The van der Waals surface area contributed by atoms with E-state index in [9.17, 15) is 4.79 Å². The second kappa shape index (κ2) is 5.53. The number of carbonyl (C=O) groups is 1. The van der Waals surface area contributed by atoms with Crippen LogP contribution in [-0.4, -0.2) is 29.4 Å². The summed E-state index contributed by atoms with van der Waals surface area (Å²) in [6, 6.07) is 10.3. The van der Waals surface area contributed by atoms with Crippen LogP contribution in [0.15, 0.2) is 30.3 Å². The summed E-state index contributed by atoms with van der Waals surface area (Å²) >= 11 is 0. The van der Waals surface area contributed by atoms with Gasteiger partial charge in [-0.1, -0.05) is 37.3 Å². The van der Waals surface area contributed by atoms with Crippen LogP contribution in [0.2, 0.25) is 0 Å². The molecule has 1 amide bonds. The predicted octanol–water partition coefficient (Wildman–Crippen LogP) is 2.13. The van der Waals surface area contributed by atoms with Crippen LogP contribution in [0, 0.1) is 0 Å². The molecule has 3 atom stereocenters. The van der Waals surface area contributed by atoms with Gasteiger partial charge < -0.3 is 10.6 Å². The third-order valence-corrected chi connectivity index (χ3v) is 3.87. The third-order valence-electron chi connectivity index (χ3n) is 3.87. The van der Waals surface area contributed by atoms with Crippen LogP contribution in [0.4, 0.5) is 0 Å². The lowest BCUT2D eigenvalue weighted by molar-refractivity contribution is -0.138. The van der Waals surface area contributed by atoms with E-state index >= 15 is 0 Å². The van der Waals surface area contributed by atoms with E-state index in [1.54, 1.807) is 0 Å². The van der Waals surface area contributed by atoms with Gasteiger partial charge in [0, 0.05) is 18.5 Å². The number of nitrogens with two attached hydrogens (primary N) is 1. The lowest BCUT2D eigenvalue weighted by Crippen LogP contribution is -2.55. The van der Waals surface area contributed by atoms with Crippen molar-refractivity contribution in [2.45, 2.75) is 44.7 Å². The molecular weight excluding hydrogens is 224 g/mol. The number of hydrogen-bond donors (Lipinski definition) is 1. The third kappa shape index (κ3) is 2.41. The van der Waals surface area contributed by atoms with Crippen LogP contribution in [-0.2, 0) is 4.79 Å². The van der Waals surface area contributed by atoms with Gasteiger partial charge in [-0.3, -0.25) is 4.79 Å². The quantitative estimate of drug-likeness (QED) is 0.888. The average Bonchev–Trinajstić information content (AvgIpc) is 2.40. The molecule has 1 aliphatic heterocycles. The fraction of sp³-hybridized carbons (Fsp3) is 0.533. The summed E-state index contributed by atoms with van der Waals surface area (Å²) in [6.45, 7) is 5.03. The molecule has 98 valence electrons. The number of nitrogens with zero attached hydrogens (tertiary/aromatic N) is 1. The first kappa shape index (κ1) is 13.1.